The van der Waals surface area contributed by atoms with Crippen LogP contribution in [0.15, 0.2) is 22.8 Å². The van der Waals surface area contributed by atoms with Crippen LogP contribution in [0.1, 0.15) is 5.89 Å². The normalized spacial score (nSPS) is 10.6. The molecule has 2 aromatic rings. The predicted octanol–water partition coefficient (Wildman–Crippen LogP) is 2.52. The highest BCUT2D eigenvalue weighted by Crippen LogP contribution is 2.30. The summed E-state index contributed by atoms with van der Waals surface area (Å²) in [6, 6.07) is 3.74. The van der Waals surface area contributed by atoms with Crippen molar-refractivity contribution in [3.63, 3.8) is 0 Å². The number of nitrogens with zero attached hydrogens (tertiary/aromatic N) is 1. The molecule has 2 rings (SSSR count). The van der Waals surface area contributed by atoms with E-state index < -0.39 is 0 Å². The number of thiophene rings is 1. The summed E-state index contributed by atoms with van der Waals surface area (Å²) >= 11 is 7.25. The lowest BCUT2D eigenvalue weighted by Crippen LogP contribution is -1.95. The lowest BCUT2D eigenvalue weighted by Gasteiger charge is -1.84. The number of aromatic nitrogens is 1. The molecule has 0 aliphatic heterocycles. The van der Waals surface area contributed by atoms with E-state index in [0.29, 0.717) is 12.4 Å². The average molecular weight is 215 g/mol. The Morgan fingerprint density at radius 2 is 2.38 bits per heavy atom. The molecule has 0 aliphatic rings. The first kappa shape index (κ1) is 8.74. The average Bonchev–Trinajstić information content (AvgIpc) is 2.71. The molecule has 2 N–H and O–H groups in total. The minimum atomic E-state index is 0.319. The fraction of sp³-hybridized carbons (Fsp3) is 0.125. The molecule has 0 saturated heterocycles. The standard InChI is InChI=1S/C8H7ClN2OS/c9-7-2-1-6(13-7)5-4-12-8(3-10)11-5/h1-2,4H,3,10H2. The van der Waals surface area contributed by atoms with Crippen molar-refractivity contribution in [2.24, 2.45) is 5.73 Å². The maximum Gasteiger partial charge on any atom is 0.208 e. The summed E-state index contributed by atoms with van der Waals surface area (Å²) in [5.74, 6) is 0.541. The molecule has 0 radical (unpaired) electrons. The van der Waals surface area contributed by atoms with Crippen LogP contribution >= 0.6 is 22.9 Å². The number of halogens is 1. The summed E-state index contributed by atoms with van der Waals surface area (Å²) in [4.78, 5) is 5.17. The smallest absolute Gasteiger partial charge is 0.208 e. The van der Waals surface area contributed by atoms with Crippen LogP contribution < -0.4 is 5.73 Å². The van der Waals surface area contributed by atoms with Gasteiger partial charge in [0.05, 0.1) is 15.8 Å². The zero-order valence-corrected chi connectivity index (χ0v) is 8.23. The van der Waals surface area contributed by atoms with Gasteiger partial charge in [0.1, 0.15) is 12.0 Å². The topological polar surface area (TPSA) is 52.0 Å². The van der Waals surface area contributed by atoms with E-state index in [-0.39, 0.29) is 0 Å². The van der Waals surface area contributed by atoms with Crippen molar-refractivity contribution >= 4 is 22.9 Å². The van der Waals surface area contributed by atoms with E-state index in [1.807, 2.05) is 12.1 Å². The summed E-state index contributed by atoms with van der Waals surface area (Å²) in [6.45, 7) is 0.319. The molecule has 13 heavy (non-hydrogen) atoms. The van der Waals surface area contributed by atoms with Crippen molar-refractivity contribution in [3.8, 4) is 10.6 Å². The SMILES string of the molecule is NCc1nc(-c2ccc(Cl)s2)co1. The van der Waals surface area contributed by atoms with E-state index >= 15 is 0 Å². The Labute approximate surface area is 84.2 Å². The molecule has 68 valence electrons. The molecule has 3 nitrogen and oxygen atoms in total. The Bertz CT molecular complexity index is 410. The lowest BCUT2D eigenvalue weighted by atomic mass is 10.4. The van der Waals surface area contributed by atoms with Crippen LogP contribution in [-0.4, -0.2) is 4.98 Å². The van der Waals surface area contributed by atoms with E-state index in [1.54, 1.807) is 6.26 Å². The third kappa shape index (κ3) is 1.75. The van der Waals surface area contributed by atoms with E-state index in [2.05, 4.69) is 4.98 Å². The molecule has 0 atom stereocenters. The minimum absolute atomic E-state index is 0.319. The number of hydrogen-bond acceptors (Lipinski definition) is 4. The molecule has 0 aromatic carbocycles. The van der Waals surface area contributed by atoms with Crippen LogP contribution in [0.2, 0.25) is 4.34 Å². The first-order valence-corrected chi connectivity index (χ1v) is 4.89. The molecule has 0 saturated carbocycles. The molecular formula is C8H7ClN2OS. The highest BCUT2D eigenvalue weighted by Gasteiger charge is 2.06. The van der Waals surface area contributed by atoms with Crippen molar-refractivity contribution in [3.05, 3.63) is 28.6 Å². The highest BCUT2D eigenvalue weighted by molar-refractivity contribution is 7.19. The fourth-order valence-electron chi connectivity index (χ4n) is 0.970. The maximum absolute atomic E-state index is 5.79. The van der Waals surface area contributed by atoms with Crippen molar-refractivity contribution < 1.29 is 4.42 Å². The second-order valence-electron chi connectivity index (χ2n) is 2.43. The van der Waals surface area contributed by atoms with Gasteiger partial charge < -0.3 is 10.2 Å². The summed E-state index contributed by atoms with van der Waals surface area (Å²) in [7, 11) is 0. The van der Waals surface area contributed by atoms with E-state index in [4.69, 9.17) is 21.8 Å². The first-order chi connectivity index (χ1) is 6.29. The lowest BCUT2D eigenvalue weighted by molar-refractivity contribution is 0.498. The van der Waals surface area contributed by atoms with Gasteiger partial charge in [0.15, 0.2) is 0 Å². The Kier molecular flexibility index (Phi) is 2.35. The fourth-order valence-corrected chi connectivity index (χ4v) is 1.96. The van der Waals surface area contributed by atoms with Gasteiger partial charge in [-0.05, 0) is 12.1 Å². The second kappa shape index (κ2) is 3.49. The summed E-state index contributed by atoms with van der Waals surface area (Å²) in [6.07, 6.45) is 1.59. The van der Waals surface area contributed by atoms with Gasteiger partial charge in [-0.2, -0.15) is 0 Å². The van der Waals surface area contributed by atoms with Gasteiger partial charge in [-0.3, -0.25) is 0 Å². The van der Waals surface area contributed by atoms with E-state index in [1.165, 1.54) is 11.3 Å². The Hall–Kier alpha value is -0.840. The monoisotopic (exact) mass is 214 g/mol. The third-order valence-corrected chi connectivity index (χ3v) is 2.81. The first-order valence-electron chi connectivity index (χ1n) is 3.70. The van der Waals surface area contributed by atoms with Crippen LogP contribution in [0.4, 0.5) is 0 Å². The van der Waals surface area contributed by atoms with Gasteiger partial charge >= 0.3 is 0 Å². The molecule has 0 unspecified atom stereocenters. The van der Waals surface area contributed by atoms with Gasteiger partial charge in [0, 0.05) is 0 Å². The molecule has 0 aliphatic carbocycles. The summed E-state index contributed by atoms with van der Waals surface area (Å²) < 4.78 is 5.85. The van der Waals surface area contributed by atoms with Gasteiger partial charge in [-0.25, -0.2) is 4.98 Å². The number of oxazole rings is 1. The molecule has 5 heteroatoms. The van der Waals surface area contributed by atoms with Gasteiger partial charge in [-0.1, -0.05) is 11.6 Å². The second-order valence-corrected chi connectivity index (χ2v) is 4.15. The Balaban J connectivity index is 2.35. The van der Waals surface area contributed by atoms with E-state index in [9.17, 15) is 0 Å². The number of hydrogen-bond donors (Lipinski definition) is 1. The molecule has 2 heterocycles. The van der Waals surface area contributed by atoms with Crippen molar-refractivity contribution in [1.29, 1.82) is 0 Å². The van der Waals surface area contributed by atoms with Crippen LogP contribution in [-0.2, 0) is 6.54 Å². The molecule has 2 aromatic heterocycles. The van der Waals surface area contributed by atoms with E-state index in [0.717, 1.165) is 14.9 Å². The van der Waals surface area contributed by atoms with Crippen molar-refractivity contribution in [2.75, 3.05) is 0 Å². The summed E-state index contributed by atoms with van der Waals surface area (Å²) in [5, 5.41) is 0. The third-order valence-electron chi connectivity index (χ3n) is 1.55. The van der Waals surface area contributed by atoms with Crippen LogP contribution in [0.3, 0.4) is 0 Å². The zero-order valence-electron chi connectivity index (χ0n) is 6.66. The Morgan fingerprint density at radius 3 is 2.92 bits per heavy atom. The largest absolute Gasteiger partial charge is 0.447 e. The van der Waals surface area contributed by atoms with Crippen LogP contribution in [0, 0.1) is 0 Å². The van der Waals surface area contributed by atoms with Crippen molar-refractivity contribution in [1.82, 2.24) is 4.98 Å². The predicted molar refractivity (Wildman–Crippen MR) is 52.7 cm³/mol. The Morgan fingerprint density at radius 1 is 1.54 bits per heavy atom. The number of nitrogens with two attached hydrogens (primary N) is 1. The van der Waals surface area contributed by atoms with Gasteiger partial charge in [0.2, 0.25) is 5.89 Å². The van der Waals surface area contributed by atoms with Crippen LogP contribution in [0.25, 0.3) is 10.6 Å². The molecule has 0 bridgehead atoms. The van der Waals surface area contributed by atoms with Gasteiger partial charge in [-0.15, -0.1) is 11.3 Å². The zero-order chi connectivity index (χ0) is 9.26. The minimum Gasteiger partial charge on any atom is -0.447 e. The molecule has 0 amide bonds. The molecule has 0 spiro atoms. The van der Waals surface area contributed by atoms with Crippen molar-refractivity contribution in [2.45, 2.75) is 6.54 Å². The number of rotatable bonds is 2. The van der Waals surface area contributed by atoms with Crippen LogP contribution in [0.5, 0.6) is 0 Å². The molecular weight excluding hydrogens is 208 g/mol. The molecule has 0 fully saturated rings. The maximum atomic E-state index is 5.79. The summed E-state index contributed by atoms with van der Waals surface area (Å²) in [5.41, 5.74) is 6.16. The quantitative estimate of drug-likeness (QED) is 0.836. The highest BCUT2D eigenvalue weighted by atomic mass is 35.5. The van der Waals surface area contributed by atoms with Gasteiger partial charge in [0.25, 0.3) is 0 Å².